The molecule has 0 radical (unpaired) electrons. The monoisotopic (exact) mass is 252 g/mol. The average Bonchev–Trinajstić information content (AvgIpc) is 3.06. The summed E-state index contributed by atoms with van der Waals surface area (Å²) in [5.74, 6) is 1.24. The van der Waals surface area contributed by atoms with E-state index in [1.807, 2.05) is 0 Å². The van der Waals surface area contributed by atoms with Crippen molar-refractivity contribution >= 4 is 17.3 Å². The number of hydrogen-bond acceptors (Lipinski definition) is 3. The van der Waals surface area contributed by atoms with Gasteiger partial charge in [-0.2, -0.15) is 0 Å². The molecule has 1 fully saturated rings. The highest BCUT2D eigenvalue weighted by atomic mass is 32.1. The van der Waals surface area contributed by atoms with Gasteiger partial charge in [-0.3, -0.25) is 0 Å². The third kappa shape index (κ3) is 3.70. The number of nitrogens with one attached hydrogen (secondary N) is 1. The molecule has 0 aliphatic heterocycles. The summed E-state index contributed by atoms with van der Waals surface area (Å²) in [4.78, 5) is 8.88. The third-order valence-electron chi connectivity index (χ3n) is 2.96. The summed E-state index contributed by atoms with van der Waals surface area (Å²) in [6.45, 7) is 4.80. The van der Waals surface area contributed by atoms with Crippen LogP contribution in [0.25, 0.3) is 0 Å². The van der Waals surface area contributed by atoms with Crippen LogP contribution < -0.4 is 11.1 Å². The molecular weight excluding hydrogens is 232 g/mol. The summed E-state index contributed by atoms with van der Waals surface area (Å²) < 4.78 is 0. The summed E-state index contributed by atoms with van der Waals surface area (Å²) in [6, 6.07) is 0.372. The fourth-order valence-electron chi connectivity index (χ4n) is 1.52. The number of aliphatic imine (C=N–C) groups is 1. The van der Waals surface area contributed by atoms with E-state index in [1.54, 1.807) is 11.3 Å². The second kappa shape index (κ2) is 5.49. The minimum Gasteiger partial charge on any atom is -0.370 e. The Bertz CT molecular complexity index is 395. The zero-order valence-corrected chi connectivity index (χ0v) is 11.3. The van der Waals surface area contributed by atoms with Gasteiger partial charge in [0.25, 0.3) is 0 Å². The van der Waals surface area contributed by atoms with E-state index in [0.29, 0.717) is 18.5 Å². The van der Waals surface area contributed by atoms with Gasteiger partial charge in [0.2, 0.25) is 0 Å². The van der Waals surface area contributed by atoms with Crippen LogP contribution in [-0.4, -0.2) is 17.0 Å². The Morgan fingerprint density at radius 3 is 3.12 bits per heavy atom. The molecule has 1 heterocycles. The van der Waals surface area contributed by atoms with E-state index in [-0.39, 0.29) is 0 Å². The maximum absolute atomic E-state index is 5.79. The van der Waals surface area contributed by atoms with E-state index in [1.165, 1.54) is 18.5 Å². The van der Waals surface area contributed by atoms with Crippen molar-refractivity contribution in [2.24, 2.45) is 10.7 Å². The molecule has 0 amide bonds. The lowest BCUT2D eigenvalue weighted by Gasteiger charge is -2.11. The van der Waals surface area contributed by atoms with Crippen LogP contribution in [0.2, 0.25) is 0 Å². The van der Waals surface area contributed by atoms with Crippen LogP contribution in [0.15, 0.2) is 10.4 Å². The minimum atomic E-state index is 0.372. The number of rotatable bonds is 5. The molecule has 1 atom stereocenters. The summed E-state index contributed by atoms with van der Waals surface area (Å²) in [7, 11) is 0. The second-order valence-corrected chi connectivity index (χ2v) is 5.54. The average molecular weight is 252 g/mol. The van der Waals surface area contributed by atoms with Gasteiger partial charge in [0.05, 0.1) is 12.2 Å². The predicted molar refractivity (Wildman–Crippen MR) is 72.3 cm³/mol. The molecule has 94 valence electrons. The molecule has 0 spiro atoms. The van der Waals surface area contributed by atoms with Crippen molar-refractivity contribution in [2.75, 3.05) is 0 Å². The molecule has 1 aliphatic rings. The summed E-state index contributed by atoms with van der Waals surface area (Å²) >= 11 is 1.68. The van der Waals surface area contributed by atoms with Gasteiger partial charge in [-0.1, -0.05) is 6.92 Å². The Balaban J connectivity index is 1.84. The van der Waals surface area contributed by atoms with E-state index in [2.05, 4.69) is 34.5 Å². The zero-order valence-electron chi connectivity index (χ0n) is 10.4. The molecule has 1 aromatic rings. The van der Waals surface area contributed by atoms with Crippen molar-refractivity contribution < 1.29 is 0 Å². The van der Waals surface area contributed by atoms with Crippen LogP contribution >= 0.6 is 11.3 Å². The van der Waals surface area contributed by atoms with Crippen LogP contribution in [0.4, 0.5) is 0 Å². The number of hydrogen-bond donors (Lipinski definition) is 2. The number of aromatic nitrogens is 1. The van der Waals surface area contributed by atoms with Gasteiger partial charge in [0.1, 0.15) is 5.01 Å². The highest BCUT2D eigenvalue weighted by molar-refractivity contribution is 7.09. The normalized spacial score (nSPS) is 18.1. The molecule has 1 aromatic heterocycles. The van der Waals surface area contributed by atoms with E-state index in [4.69, 9.17) is 5.73 Å². The second-order valence-electron chi connectivity index (χ2n) is 4.60. The molecule has 0 aromatic carbocycles. The topological polar surface area (TPSA) is 63.3 Å². The standard InChI is InChI=1S/C12H20N4S/c1-3-8(2)15-12(13)14-6-11-16-10(7-17-11)9-4-5-9/h7-9H,3-6H2,1-2H3,(H3,13,14,15). The summed E-state index contributed by atoms with van der Waals surface area (Å²) in [5, 5.41) is 6.36. The van der Waals surface area contributed by atoms with E-state index < -0.39 is 0 Å². The SMILES string of the molecule is CCC(C)NC(N)=NCc1nc(C2CC2)cs1. The first-order chi connectivity index (χ1) is 8.19. The quantitative estimate of drug-likeness (QED) is 0.624. The molecule has 3 N–H and O–H groups in total. The lowest BCUT2D eigenvalue weighted by molar-refractivity contribution is 0.636. The predicted octanol–water partition coefficient (Wildman–Crippen LogP) is 2.22. The first-order valence-corrected chi connectivity index (χ1v) is 7.07. The first kappa shape index (κ1) is 12.4. The Kier molecular flexibility index (Phi) is 3.99. The number of nitrogens with zero attached hydrogens (tertiary/aromatic N) is 2. The number of nitrogens with two attached hydrogens (primary N) is 1. The Morgan fingerprint density at radius 1 is 1.71 bits per heavy atom. The van der Waals surface area contributed by atoms with E-state index in [0.717, 1.165) is 17.3 Å². The van der Waals surface area contributed by atoms with Gasteiger partial charge in [-0.15, -0.1) is 11.3 Å². The van der Waals surface area contributed by atoms with Gasteiger partial charge in [-0.05, 0) is 26.2 Å². The van der Waals surface area contributed by atoms with Gasteiger partial charge < -0.3 is 11.1 Å². The maximum Gasteiger partial charge on any atom is 0.189 e. The van der Waals surface area contributed by atoms with Gasteiger partial charge in [0, 0.05) is 17.3 Å². The van der Waals surface area contributed by atoms with Crippen LogP contribution in [-0.2, 0) is 6.54 Å². The summed E-state index contributed by atoms with van der Waals surface area (Å²) in [6.07, 6.45) is 3.63. The van der Waals surface area contributed by atoms with Gasteiger partial charge in [0.15, 0.2) is 5.96 Å². The van der Waals surface area contributed by atoms with Crippen molar-refractivity contribution in [3.05, 3.63) is 16.1 Å². The highest BCUT2D eigenvalue weighted by Gasteiger charge is 2.25. The molecule has 5 heteroatoms. The Labute approximate surface area is 106 Å². The van der Waals surface area contributed by atoms with Crippen LogP contribution in [0.3, 0.4) is 0 Å². The summed E-state index contributed by atoms with van der Waals surface area (Å²) in [5.41, 5.74) is 7.04. The molecule has 1 saturated carbocycles. The van der Waals surface area contributed by atoms with Crippen LogP contribution in [0.1, 0.15) is 49.7 Å². The van der Waals surface area contributed by atoms with Crippen molar-refractivity contribution in [2.45, 2.75) is 51.6 Å². The van der Waals surface area contributed by atoms with Crippen LogP contribution in [0, 0.1) is 0 Å². The molecule has 0 saturated heterocycles. The third-order valence-corrected chi connectivity index (χ3v) is 3.81. The highest BCUT2D eigenvalue weighted by Crippen LogP contribution is 2.40. The Hall–Kier alpha value is -1.10. The molecule has 1 unspecified atom stereocenters. The molecule has 17 heavy (non-hydrogen) atoms. The van der Waals surface area contributed by atoms with Crippen molar-refractivity contribution in [1.82, 2.24) is 10.3 Å². The van der Waals surface area contributed by atoms with Gasteiger partial charge in [-0.25, -0.2) is 9.98 Å². The number of guanidine groups is 1. The lowest BCUT2D eigenvalue weighted by Crippen LogP contribution is -2.38. The molecule has 1 aliphatic carbocycles. The molecule has 2 rings (SSSR count). The largest absolute Gasteiger partial charge is 0.370 e. The van der Waals surface area contributed by atoms with E-state index in [9.17, 15) is 0 Å². The molecule has 0 bridgehead atoms. The van der Waals surface area contributed by atoms with Gasteiger partial charge >= 0.3 is 0 Å². The smallest absolute Gasteiger partial charge is 0.189 e. The minimum absolute atomic E-state index is 0.372. The molecular formula is C12H20N4S. The van der Waals surface area contributed by atoms with Crippen LogP contribution in [0.5, 0.6) is 0 Å². The van der Waals surface area contributed by atoms with Crippen molar-refractivity contribution in [3.8, 4) is 0 Å². The maximum atomic E-state index is 5.79. The van der Waals surface area contributed by atoms with Crippen molar-refractivity contribution in [1.29, 1.82) is 0 Å². The Morgan fingerprint density at radius 2 is 2.47 bits per heavy atom. The first-order valence-electron chi connectivity index (χ1n) is 6.19. The van der Waals surface area contributed by atoms with E-state index >= 15 is 0 Å². The fraction of sp³-hybridized carbons (Fsp3) is 0.667. The fourth-order valence-corrected chi connectivity index (χ4v) is 2.32. The number of thiazole rings is 1. The zero-order chi connectivity index (χ0) is 12.3. The lowest BCUT2D eigenvalue weighted by atomic mass is 10.3. The molecule has 4 nitrogen and oxygen atoms in total. The van der Waals surface area contributed by atoms with Crippen molar-refractivity contribution in [3.63, 3.8) is 0 Å².